The number of hydrogen-bond donors (Lipinski definition) is 2. The summed E-state index contributed by atoms with van der Waals surface area (Å²) in [5.74, 6) is 0.0940. The Morgan fingerprint density at radius 3 is 2.67 bits per heavy atom. The molecule has 0 spiro atoms. The van der Waals surface area contributed by atoms with E-state index in [0.29, 0.717) is 13.0 Å². The van der Waals surface area contributed by atoms with Gasteiger partial charge in [0.25, 0.3) is 0 Å². The zero-order valence-corrected chi connectivity index (χ0v) is 11.9. The molecule has 0 radical (unpaired) electrons. The molecule has 0 aliphatic carbocycles. The Morgan fingerprint density at radius 1 is 1.39 bits per heavy atom. The lowest BCUT2D eigenvalue weighted by Gasteiger charge is -2.15. The Bertz CT molecular complexity index is 369. The minimum absolute atomic E-state index is 0. The van der Waals surface area contributed by atoms with Gasteiger partial charge in [0.15, 0.2) is 0 Å². The highest BCUT2D eigenvalue weighted by atomic mass is 35.5. The van der Waals surface area contributed by atoms with Crippen LogP contribution in [0, 0.1) is 6.92 Å². The van der Waals surface area contributed by atoms with E-state index in [2.05, 4.69) is 24.4 Å². The van der Waals surface area contributed by atoms with Crippen LogP contribution in [0.25, 0.3) is 0 Å². The van der Waals surface area contributed by atoms with Crippen molar-refractivity contribution in [2.45, 2.75) is 39.2 Å². The number of hydrogen-bond acceptors (Lipinski definition) is 2. The van der Waals surface area contributed by atoms with E-state index in [4.69, 9.17) is 5.73 Å². The number of nitrogens with two attached hydrogens (primary N) is 1. The van der Waals surface area contributed by atoms with Crippen molar-refractivity contribution in [1.82, 2.24) is 5.32 Å². The highest BCUT2D eigenvalue weighted by molar-refractivity contribution is 5.85. The Labute approximate surface area is 116 Å². The van der Waals surface area contributed by atoms with Crippen LogP contribution in [0.2, 0.25) is 0 Å². The highest BCUT2D eigenvalue weighted by Gasteiger charge is 2.08. The number of rotatable bonds is 6. The fourth-order valence-corrected chi connectivity index (χ4v) is 1.83. The zero-order valence-electron chi connectivity index (χ0n) is 11.1. The second kappa shape index (κ2) is 8.95. The summed E-state index contributed by atoms with van der Waals surface area (Å²) in [7, 11) is 0. The summed E-state index contributed by atoms with van der Waals surface area (Å²) in [6.07, 6.45) is 2.15. The Kier molecular flexibility index (Phi) is 8.42. The van der Waals surface area contributed by atoms with Crippen LogP contribution in [-0.2, 0) is 11.2 Å². The minimum Gasteiger partial charge on any atom is -0.353 e. The van der Waals surface area contributed by atoms with Gasteiger partial charge in [-0.2, -0.15) is 0 Å². The van der Waals surface area contributed by atoms with Gasteiger partial charge >= 0.3 is 0 Å². The predicted octanol–water partition coefficient (Wildman–Crippen LogP) is 2.20. The van der Waals surface area contributed by atoms with Crippen LogP contribution in [0.3, 0.4) is 0 Å². The molecule has 102 valence electrons. The number of halogens is 1. The van der Waals surface area contributed by atoms with Gasteiger partial charge in [0.1, 0.15) is 0 Å². The molecule has 1 amide bonds. The van der Waals surface area contributed by atoms with Gasteiger partial charge < -0.3 is 11.1 Å². The number of carbonyl (C=O) groups is 1. The molecule has 18 heavy (non-hydrogen) atoms. The molecule has 1 aromatic carbocycles. The van der Waals surface area contributed by atoms with Gasteiger partial charge in [-0.25, -0.2) is 0 Å². The van der Waals surface area contributed by atoms with E-state index in [-0.39, 0.29) is 24.4 Å². The summed E-state index contributed by atoms with van der Waals surface area (Å²) < 4.78 is 0. The van der Waals surface area contributed by atoms with E-state index in [1.165, 1.54) is 11.1 Å². The van der Waals surface area contributed by atoms with Crippen LogP contribution in [0.15, 0.2) is 24.3 Å². The van der Waals surface area contributed by atoms with Crippen molar-refractivity contribution in [1.29, 1.82) is 0 Å². The molecule has 0 bridgehead atoms. The summed E-state index contributed by atoms with van der Waals surface area (Å²) in [5.41, 5.74) is 7.94. The van der Waals surface area contributed by atoms with Gasteiger partial charge in [-0.15, -0.1) is 12.4 Å². The Balaban J connectivity index is 0.00000289. The lowest BCUT2D eigenvalue weighted by Crippen LogP contribution is -2.34. The van der Waals surface area contributed by atoms with Crippen molar-refractivity contribution in [3.8, 4) is 0 Å². The third kappa shape index (κ3) is 6.03. The number of carbonyl (C=O) groups excluding carboxylic acids is 1. The van der Waals surface area contributed by atoms with Crippen molar-refractivity contribution >= 4 is 18.3 Å². The number of nitrogens with one attached hydrogen (secondary N) is 1. The lowest BCUT2D eigenvalue weighted by atomic mass is 10.0. The van der Waals surface area contributed by atoms with E-state index >= 15 is 0 Å². The second-order valence-corrected chi connectivity index (χ2v) is 4.49. The van der Waals surface area contributed by atoms with Crippen molar-refractivity contribution in [2.75, 3.05) is 6.54 Å². The van der Waals surface area contributed by atoms with Gasteiger partial charge in [-0.1, -0.05) is 24.3 Å². The van der Waals surface area contributed by atoms with E-state index in [1.807, 2.05) is 19.1 Å². The van der Waals surface area contributed by atoms with Crippen molar-refractivity contribution in [3.05, 3.63) is 35.4 Å². The SMILES string of the molecule is Cc1ccccc1CC(C)NC(=O)CCCN.Cl. The van der Waals surface area contributed by atoms with Crippen LogP contribution in [0.5, 0.6) is 0 Å². The normalized spacial score (nSPS) is 11.5. The molecule has 0 saturated heterocycles. The fraction of sp³-hybridized carbons (Fsp3) is 0.500. The molecule has 0 heterocycles. The molecule has 1 unspecified atom stereocenters. The number of aryl methyl sites for hydroxylation is 1. The smallest absolute Gasteiger partial charge is 0.220 e. The van der Waals surface area contributed by atoms with Crippen LogP contribution in [-0.4, -0.2) is 18.5 Å². The maximum Gasteiger partial charge on any atom is 0.220 e. The van der Waals surface area contributed by atoms with Gasteiger partial charge in [0.05, 0.1) is 0 Å². The average molecular weight is 271 g/mol. The summed E-state index contributed by atoms with van der Waals surface area (Å²) in [4.78, 5) is 11.5. The summed E-state index contributed by atoms with van der Waals surface area (Å²) in [6, 6.07) is 8.44. The zero-order chi connectivity index (χ0) is 12.7. The topological polar surface area (TPSA) is 55.1 Å². The molecular formula is C14H23ClN2O. The standard InChI is InChI=1S/C14H22N2O.ClH/c1-11-6-3-4-7-13(11)10-12(2)16-14(17)8-5-9-15;/h3-4,6-7,12H,5,8-10,15H2,1-2H3,(H,16,17);1H. The van der Waals surface area contributed by atoms with Crippen molar-refractivity contribution in [2.24, 2.45) is 5.73 Å². The quantitative estimate of drug-likeness (QED) is 0.833. The maximum atomic E-state index is 11.5. The third-order valence-electron chi connectivity index (χ3n) is 2.80. The highest BCUT2D eigenvalue weighted by Crippen LogP contribution is 2.09. The van der Waals surface area contributed by atoms with Crippen LogP contribution in [0.4, 0.5) is 0 Å². The maximum absolute atomic E-state index is 11.5. The molecule has 3 nitrogen and oxygen atoms in total. The van der Waals surface area contributed by atoms with Crippen molar-refractivity contribution < 1.29 is 4.79 Å². The monoisotopic (exact) mass is 270 g/mol. The van der Waals surface area contributed by atoms with Gasteiger partial charge in [-0.05, 0) is 44.4 Å². The first kappa shape index (κ1) is 16.9. The van der Waals surface area contributed by atoms with E-state index in [9.17, 15) is 4.79 Å². The molecule has 1 aromatic rings. The lowest BCUT2D eigenvalue weighted by molar-refractivity contribution is -0.121. The summed E-state index contributed by atoms with van der Waals surface area (Å²) in [6.45, 7) is 4.70. The summed E-state index contributed by atoms with van der Waals surface area (Å²) >= 11 is 0. The second-order valence-electron chi connectivity index (χ2n) is 4.49. The first-order valence-electron chi connectivity index (χ1n) is 6.17. The molecule has 3 N–H and O–H groups in total. The fourth-order valence-electron chi connectivity index (χ4n) is 1.83. The third-order valence-corrected chi connectivity index (χ3v) is 2.80. The molecule has 0 aromatic heterocycles. The van der Waals surface area contributed by atoms with Crippen LogP contribution in [0.1, 0.15) is 30.9 Å². The molecule has 1 rings (SSSR count). The largest absolute Gasteiger partial charge is 0.353 e. The molecule has 0 fully saturated rings. The van der Waals surface area contributed by atoms with Gasteiger partial charge in [0.2, 0.25) is 5.91 Å². The van der Waals surface area contributed by atoms with E-state index in [0.717, 1.165) is 12.8 Å². The first-order chi connectivity index (χ1) is 8.13. The van der Waals surface area contributed by atoms with Crippen LogP contribution < -0.4 is 11.1 Å². The molecular weight excluding hydrogens is 248 g/mol. The first-order valence-corrected chi connectivity index (χ1v) is 6.17. The summed E-state index contributed by atoms with van der Waals surface area (Å²) in [5, 5.41) is 3.00. The van der Waals surface area contributed by atoms with Gasteiger partial charge in [0, 0.05) is 12.5 Å². The minimum atomic E-state index is 0. The molecule has 0 aliphatic heterocycles. The number of benzene rings is 1. The van der Waals surface area contributed by atoms with Gasteiger partial charge in [-0.3, -0.25) is 4.79 Å². The molecule has 4 heteroatoms. The molecule has 0 saturated carbocycles. The Morgan fingerprint density at radius 2 is 2.06 bits per heavy atom. The van der Waals surface area contributed by atoms with Crippen LogP contribution >= 0.6 is 12.4 Å². The predicted molar refractivity (Wildman–Crippen MR) is 78.0 cm³/mol. The molecule has 1 atom stereocenters. The van der Waals surface area contributed by atoms with E-state index in [1.54, 1.807) is 0 Å². The van der Waals surface area contributed by atoms with Crippen molar-refractivity contribution in [3.63, 3.8) is 0 Å². The van der Waals surface area contributed by atoms with E-state index < -0.39 is 0 Å². The number of amides is 1. The Hall–Kier alpha value is -1.06. The average Bonchev–Trinajstić information content (AvgIpc) is 2.29. The molecule has 0 aliphatic rings.